The van der Waals surface area contributed by atoms with Gasteiger partial charge in [-0.2, -0.15) is 4.98 Å². The van der Waals surface area contributed by atoms with E-state index in [1.807, 2.05) is 32.3 Å². The summed E-state index contributed by atoms with van der Waals surface area (Å²) < 4.78 is 11.9. The van der Waals surface area contributed by atoms with Gasteiger partial charge in [0.2, 0.25) is 23.6 Å². The Labute approximate surface area is 262 Å². The Balaban J connectivity index is 1.53. The first kappa shape index (κ1) is 32.0. The average Bonchev–Trinajstić information content (AvgIpc) is 3.56. The van der Waals surface area contributed by atoms with E-state index in [1.54, 1.807) is 18.7 Å². The second-order valence-corrected chi connectivity index (χ2v) is 12.7. The van der Waals surface area contributed by atoms with Crippen LogP contribution in [0.1, 0.15) is 51.5 Å². The van der Waals surface area contributed by atoms with E-state index in [0.29, 0.717) is 23.8 Å². The van der Waals surface area contributed by atoms with Gasteiger partial charge in [-0.3, -0.25) is 9.59 Å². The first-order valence-corrected chi connectivity index (χ1v) is 15.5. The normalized spacial score (nSPS) is 27.2. The quantitative estimate of drug-likeness (QED) is 0.408. The summed E-state index contributed by atoms with van der Waals surface area (Å²) >= 11 is 0. The third kappa shape index (κ3) is 6.66. The van der Waals surface area contributed by atoms with Crippen LogP contribution in [-0.2, 0) is 25.5 Å². The van der Waals surface area contributed by atoms with Crippen molar-refractivity contribution in [3.63, 3.8) is 0 Å². The number of carbonyl (C=O) groups excluding carboxylic acids is 3. The van der Waals surface area contributed by atoms with E-state index in [9.17, 15) is 24.3 Å². The lowest BCUT2D eigenvalue weighted by molar-refractivity contribution is -0.145. The van der Waals surface area contributed by atoms with Gasteiger partial charge in [-0.15, -0.1) is 6.58 Å². The summed E-state index contributed by atoms with van der Waals surface area (Å²) in [4.78, 5) is 65.2. The Morgan fingerprint density at radius 2 is 2.00 bits per heavy atom. The van der Waals surface area contributed by atoms with Crippen LogP contribution < -0.4 is 20.3 Å². The molecule has 1 saturated carbocycles. The molecule has 2 aromatic rings. The lowest BCUT2D eigenvalue weighted by Crippen LogP contribution is -2.57. The molecule has 0 spiro atoms. The number of alkyl carbamates (subject to hydrolysis) is 1. The summed E-state index contributed by atoms with van der Waals surface area (Å²) in [7, 11) is 3.66. The Morgan fingerprint density at radius 3 is 2.67 bits per heavy atom. The highest BCUT2D eigenvalue weighted by atomic mass is 16.5. The number of hydrogen-bond donors (Lipinski definition) is 3. The molecule has 3 N–H and O–H groups in total. The van der Waals surface area contributed by atoms with Gasteiger partial charge in [0.05, 0.1) is 24.1 Å². The van der Waals surface area contributed by atoms with Crippen LogP contribution in [0.25, 0.3) is 10.9 Å². The third-order valence-electron chi connectivity index (χ3n) is 8.82. The summed E-state index contributed by atoms with van der Waals surface area (Å²) in [5, 5.41) is 16.0. The number of carboxylic acids is 1. The maximum Gasteiger partial charge on any atom is 0.407 e. The van der Waals surface area contributed by atoms with Gasteiger partial charge in [-0.1, -0.05) is 26.0 Å². The number of nitrogens with one attached hydrogen (secondary N) is 2. The zero-order valence-corrected chi connectivity index (χ0v) is 26.2. The van der Waals surface area contributed by atoms with E-state index >= 15 is 0 Å². The Hall–Kier alpha value is -4.42. The van der Waals surface area contributed by atoms with E-state index in [0.717, 1.165) is 30.2 Å². The predicted molar refractivity (Wildman–Crippen MR) is 166 cm³/mol. The van der Waals surface area contributed by atoms with Gasteiger partial charge in [0.25, 0.3) is 0 Å². The number of cyclic esters (lactones) is 1. The molecule has 1 saturated heterocycles. The van der Waals surface area contributed by atoms with Gasteiger partial charge in [0.15, 0.2) is 0 Å². The molecule has 1 aromatic carbocycles. The highest BCUT2D eigenvalue weighted by molar-refractivity contribution is 5.96. The molecule has 1 aromatic heterocycles. The molecule has 1 aliphatic carbocycles. The van der Waals surface area contributed by atoms with Crippen molar-refractivity contribution < 1.29 is 33.8 Å². The monoisotopic (exact) mass is 622 g/mol. The largest absolute Gasteiger partial charge is 0.479 e. The molecule has 13 heteroatoms. The lowest BCUT2D eigenvalue weighted by atomic mass is 10.0. The van der Waals surface area contributed by atoms with E-state index < -0.39 is 53.5 Å². The topological polar surface area (TPSA) is 163 Å². The summed E-state index contributed by atoms with van der Waals surface area (Å²) in [6, 6.07) is 3.93. The van der Waals surface area contributed by atoms with Crippen molar-refractivity contribution in [3.05, 3.63) is 36.4 Å². The fraction of sp³-hybridized carbons (Fsp3) is 0.562. The third-order valence-corrected chi connectivity index (χ3v) is 8.82. The predicted octanol–water partition coefficient (Wildman–Crippen LogP) is 2.67. The van der Waals surface area contributed by atoms with E-state index in [4.69, 9.17) is 14.5 Å². The van der Waals surface area contributed by atoms with Crippen LogP contribution >= 0.6 is 0 Å². The minimum Gasteiger partial charge on any atom is -0.479 e. The van der Waals surface area contributed by atoms with Gasteiger partial charge < -0.3 is 35.0 Å². The number of nitrogens with zero attached hydrogens (tertiary/aromatic N) is 4. The SMILES string of the molecule is C=C[C@@H]1C[C@]1(NC(=O)[C@@H]1C[C@@H]2CN1C(=O)[C@H](C(C)C)NC(=O)OCCCCCc1ccc3nc(N(C)C)nc(c3c1)O2)C(=O)O. The summed E-state index contributed by atoms with van der Waals surface area (Å²) in [5.74, 6) is -2.23. The minimum atomic E-state index is -1.47. The van der Waals surface area contributed by atoms with Crippen molar-refractivity contribution >= 4 is 40.7 Å². The number of benzene rings is 1. The number of rotatable bonds is 6. The van der Waals surface area contributed by atoms with Gasteiger partial charge in [0.1, 0.15) is 23.7 Å². The average molecular weight is 623 g/mol. The lowest BCUT2D eigenvalue weighted by Gasteiger charge is -2.30. The minimum absolute atomic E-state index is 0.0182. The van der Waals surface area contributed by atoms with E-state index in [2.05, 4.69) is 22.2 Å². The summed E-state index contributed by atoms with van der Waals surface area (Å²) in [5.41, 5.74) is 0.303. The molecule has 3 amide bonds. The van der Waals surface area contributed by atoms with Crippen LogP contribution in [0.4, 0.5) is 10.7 Å². The first-order chi connectivity index (χ1) is 21.4. The smallest absolute Gasteiger partial charge is 0.407 e. The van der Waals surface area contributed by atoms with Gasteiger partial charge in [-0.25, -0.2) is 14.6 Å². The Bertz CT molecular complexity index is 1500. The van der Waals surface area contributed by atoms with Crippen molar-refractivity contribution in [1.29, 1.82) is 0 Å². The molecular weight excluding hydrogens is 580 g/mol. The number of hydrogen-bond acceptors (Lipinski definition) is 9. The molecular formula is C32H42N6O7. The van der Waals surface area contributed by atoms with Crippen LogP contribution in [0.5, 0.6) is 5.88 Å². The molecule has 13 nitrogen and oxygen atoms in total. The number of anilines is 1. The van der Waals surface area contributed by atoms with Crippen molar-refractivity contribution in [2.75, 3.05) is 32.1 Å². The number of fused-ring (bicyclic) bond motifs is 3. The zero-order chi connectivity index (χ0) is 32.5. The van der Waals surface area contributed by atoms with E-state index in [1.165, 1.54) is 11.0 Å². The molecule has 2 aliphatic heterocycles. The molecule has 3 aliphatic rings. The number of aryl methyl sites for hydroxylation is 1. The Morgan fingerprint density at radius 1 is 1.22 bits per heavy atom. The van der Waals surface area contributed by atoms with Gasteiger partial charge in [0, 0.05) is 26.4 Å². The zero-order valence-electron chi connectivity index (χ0n) is 26.2. The second kappa shape index (κ2) is 12.9. The molecule has 0 radical (unpaired) electrons. The van der Waals surface area contributed by atoms with Crippen LogP contribution in [0.2, 0.25) is 0 Å². The fourth-order valence-corrected chi connectivity index (χ4v) is 6.07. The fourth-order valence-electron chi connectivity index (χ4n) is 6.07. The van der Waals surface area contributed by atoms with Crippen molar-refractivity contribution in [1.82, 2.24) is 25.5 Å². The number of carboxylic acid groups (broad SMARTS) is 1. The van der Waals surface area contributed by atoms with Crippen LogP contribution in [-0.4, -0.2) is 94.8 Å². The van der Waals surface area contributed by atoms with Crippen molar-refractivity contribution in [3.8, 4) is 5.88 Å². The maximum atomic E-state index is 14.1. The maximum absolute atomic E-state index is 14.1. The molecule has 242 valence electrons. The molecule has 5 atom stereocenters. The molecule has 0 unspecified atom stereocenters. The first-order valence-electron chi connectivity index (χ1n) is 15.5. The number of amides is 3. The summed E-state index contributed by atoms with van der Waals surface area (Å²) in [6.07, 6.45) is 3.64. The van der Waals surface area contributed by atoms with Crippen molar-refractivity contribution in [2.24, 2.45) is 11.8 Å². The van der Waals surface area contributed by atoms with Crippen LogP contribution in [0.15, 0.2) is 30.9 Å². The Kier molecular flexibility index (Phi) is 9.17. The highest BCUT2D eigenvalue weighted by Crippen LogP contribution is 2.45. The second-order valence-electron chi connectivity index (χ2n) is 12.7. The molecule has 5 rings (SSSR count). The standard InChI is InChI=1S/C32H42N6O7/c1-6-20-16-32(20,29(41)42)36-26(39)24-15-21-17-38(24)28(40)25(18(2)3)34-31(43)44-13-9-7-8-10-19-11-12-23-22(14-19)27(45-21)35-30(33-23)37(4)5/h6,11-12,14,18,20-21,24-25H,1,7-10,13,15-17H2,2-5H3,(H,34,43)(H,36,39)(H,41,42)/t20-,21-,24+,25+,32-/m1/s1. The van der Waals surface area contributed by atoms with E-state index in [-0.39, 0.29) is 31.9 Å². The summed E-state index contributed by atoms with van der Waals surface area (Å²) in [6.45, 7) is 7.50. The number of ether oxygens (including phenoxy) is 2. The number of aliphatic carboxylic acids is 1. The number of aromatic nitrogens is 2. The molecule has 4 bridgehead atoms. The van der Waals surface area contributed by atoms with Crippen LogP contribution in [0.3, 0.4) is 0 Å². The molecule has 3 heterocycles. The molecule has 2 fully saturated rings. The van der Waals surface area contributed by atoms with Crippen LogP contribution in [0, 0.1) is 11.8 Å². The van der Waals surface area contributed by atoms with Gasteiger partial charge in [-0.05, 0) is 55.7 Å². The van der Waals surface area contributed by atoms with Gasteiger partial charge >= 0.3 is 12.1 Å². The van der Waals surface area contributed by atoms with Crippen molar-refractivity contribution in [2.45, 2.75) is 76.1 Å². The highest BCUT2D eigenvalue weighted by Gasteiger charge is 2.61. The number of carbonyl (C=O) groups is 4. The molecule has 45 heavy (non-hydrogen) atoms.